The third-order valence-electron chi connectivity index (χ3n) is 4.50. The number of hydrogen-bond donors (Lipinski definition) is 0. The van der Waals surface area contributed by atoms with E-state index in [1.54, 1.807) is 23.0 Å². The quantitative estimate of drug-likeness (QED) is 0.860. The van der Waals surface area contributed by atoms with E-state index in [0.29, 0.717) is 32.5 Å². The van der Waals surface area contributed by atoms with Gasteiger partial charge in [-0.1, -0.05) is 12.1 Å². The van der Waals surface area contributed by atoms with Gasteiger partial charge in [-0.05, 0) is 25.5 Å². The van der Waals surface area contributed by atoms with Gasteiger partial charge in [0.15, 0.2) is 0 Å². The molecule has 2 aromatic rings. The Kier molecular flexibility index (Phi) is 4.74. The van der Waals surface area contributed by atoms with Crippen LogP contribution in [0.15, 0.2) is 30.5 Å². The van der Waals surface area contributed by atoms with E-state index < -0.39 is 0 Å². The molecule has 1 aromatic heterocycles. The van der Waals surface area contributed by atoms with Gasteiger partial charge in [0.05, 0.1) is 35.4 Å². The number of benzene rings is 1. The molecule has 0 N–H and O–H groups in total. The molecule has 0 saturated carbocycles. The molecule has 3 rings (SSSR count). The third kappa shape index (κ3) is 3.37. The summed E-state index contributed by atoms with van der Waals surface area (Å²) in [6, 6.07) is 7.68. The summed E-state index contributed by atoms with van der Waals surface area (Å²) in [6.07, 6.45) is 2.80. The average molecular weight is 326 g/mol. The number of amides is 2. The summed E-state index contributed by atoms with van der Waals surface area (Å²) in [6.45, 7) is 3.54. The molecule has 1 aromatic carbocycles. The van der Waals surface area contributed by atoms with E-state index in [4.69, 9.17) is 0 Å². The van der Waals surface area contributed by atoms with Crippen LogP contribution >= 0.6 is 0 Å². The van der Waals surface area contributed by atoms with Gasteiger partial charge in [0, 0.05) is 26.6 Å². The first-order valence-electron chi connectivity index (χ1n) is 8.32. The molecule has 6 nitrogen and oxygen atoms in total. The van der Waals surface area contributed by atoms with Crippen molar-refractivity contribution >= 4 is 22.8 Å². The lowest BCUT2D eigenvalue weighted by atomic mass is 9.96. The maximum absolute atomic E-state index is 12.7. The number of piperidine rings is 1. The second kappa shape index (κ2) is 6.95. The van der Waals surface area contributed by atoms with Gasteiger partial charge in [0.1, 0.15) is 0 Å². The van der Waals surface area contributed by atoms with Gasteiger partial charge in [-0.15, -0.1) is 0 Å². The Morgan fingerprint density at radius 2 is 2.08 bits per heavy atom. The average Bonchev–Trinajstić information content (AvgIpc) is 2.61. The molecule has 1 aliphatic rings. The second-order valence-electron chi connectivity index (χ2n) is 6.21. The van der Waals surface area contributed by atoms with Gasteiger partial charge >= 0.3 is 0 Å². The fourth-order valence-electron chi connectivity index (χ4n) is 3.13. The Balaban J connectivity index is 1.68. The predicted molar refractivity (Wildman–Crippen MR) is 91.0 cm³/mol. The summed E-state index contributed by atoms with van der Waals surface area (Å²) in [5.41, 5.74) is 2.44. The van der Waals surface area contributed by atoms with E-state index in [1.165, 1.54) is 0 Å². The Bertz CT molecular complexity index is 762. The standard InChI is InChI=1S/C18H22N4O2/c1-3-22-11-13(8-9-17(22)23)18(24)21(2)12-14-10-19-15-6-4-5-7-16(15)20-14/h4-7,10,13H,3,8-9,11-12H2,1-2H3. The molecular weight excluding hydrogens is 304 g/mol. The monoisotopic (exact) mass is 326 g/mol. The van der Waals surface area contributed by atoms with Crippen LogP contribution in [0.4, 0.5) is 0 Å². The molecule has 1 atom stereocenters. The van der Waals surface area contributed by atoms with Crippen molar-refractivity contribution in [2.75, 3.05) is 20.1 Å². The van der Waals surface area contributed by atoms with E-state index in [-0.39, 0.29) is 17.7 Å². The first-order valence-corrected chi connectivity index (χ1v) is 8.32. The lowest BCUT2D eigenvalue weighted by Crippen LogP contribution is -2.45. The molecule has 1 saturated heterocycles. The van der Waals surface area contributed by atoms with Crippen molar-refractivity contribution in [3.8, 4) is 0 Å². The van der Waals surface area contributed by atoms with E-state index >= 15 is 0 Å². The van der Waals surface area contributed by atoms with Crippen molar-refractivity contribution in [2.45, 2.75) is 26.3 Å². The molecule has 1 fully saturated rings. The summed E-state index contributed by atoms with van der Waals surface area (Å²) in [4.78, 5) is 36.8. The smallest absolute Gasteiger partial charge is 0.227 e. The lowest BCUT2D eigenvalue weighted by molar-refractivity contribution is -0.142. The molecule has 126 valence electrons. The van der Waals surface area contributed by atoms with Crippen LogP contribution in [0, 0.1) is 5.92 Å². The molecule has 2 heterocycles. The Labute approximate surface area is 141 Å². The minimum absolute atomic E-state index is 0.0657. The highest BCUT2D eigenvalue weighted by molar-refractivity contribution is 5.83. The zero-order valence-electron chi connectivity index (χ0n) is 14.1. The number of para-hydroxylation sites is 2. The molecule has 1 unspecified atom stereocenters. The van der Waals surface area contributed by atoms with Crippen LogP contribution < -0.4 is 0 Å². The van der Waals surface area contributed by atoms with Crippen molar-refractivity contribution in [1.29, 1.82) is 0 Å². The van der Waals surface area contributed by atoms with Crippen molar-refractivity contribution in [3.63, 3.8) is 0 Å². The van der Waals surface area contributed by atoms with Crippen LogP contribution in [-0.4, -0.2) is 51.7 Å². The third-order valence-corrected chi connectivity index (χ3v) is 4.50. The van der Waals surface area contributed by atoms with E-state index in [1.807, 2.05) is 31.2 Å². The lowest BCUT2D eigenvalue weighted by Gasteiger charge is -2.33. The molecule has 0 radical (unpaired) electrons. The zero-order valence-corrected chi connectivity index (χ0v) is 14.1. The van der Waals surface area contributed by atoms with Gasteiger partial charge in [0.2, 0.25) is 11.8 Å². The molecule has 1 aliphatic heterocycles. The van der Waals surface area contributed by atoms with E-state index in [2.05, 4.69) is 9.97 Å². The van der Waals surface area contributed by atoms with Gasteiger partial charge in [-0.3, -0.25) is 14.6 Å². The topological polar surface area (TPSA) is 66.4 Å². The second-order valence-corrected chi connectivity index (χ2v) is 6.21. The number of rotatable bonds is 4. The van der Waals surface area contributed by atoms with Crippen LogP contribution in [0.25, 0.3) is 11.0 Å². The van der Waals surface area contributed by atoms with Gasteiger partial charge in [0.25, 0.3) is 0 Å². The minimum Gasteiger partial charge on any atom is -0.342 e. The van der Waals surface area contributed by atoms with E-state index in [0.717, 1.165) is 16.7 Å². The largest absolute Gasteiger partial charge is 0.342 e. The number of nitrogens with zero attached hydrogens (tertiary/aromatic N) is 4. The number of likely N-dealkylation sites (tertiary alicyclic amines) is 1. The first-order chi connectivity index (χ1) is 11.6. The van der Waals surface area contributed by atoms with Crippen LogP contribution in [0.2, 0.25) is 0 Å². The zero-order chi connectivity index (χ0) is 17.1. The summed E-state index contributed by atoms with van der Waals surface area (Å²) in [7, 11) is 1.78. The minimum atomic E-state index is -0.124. The summed E-state index contributed by atoms with van der Waals surface area (Å²) in [5, 5.41) is 0. The fraction of sp³-hybridized carbons (Fsp3) is 0.444. The molecule has 2 amide bonds. The predicted octanol–water partition coefficient (Wildman–Crippen LogP) is 1.85. The van der Waals surface area contributed by atoms with Crippen LogP contribution in [0.3, 0.4) is 0 Å². The Hall–Kier alpha value is -2.50. The summed E-state index contributed by atoms with van der Waals surface area (Å²) >= 11 is 0. The highest BCUT2D eigenvalue weighted by Crippen LogP contribution is 2.20. The van der Waals surface area contributed by atoms with Crippen LogP contribution in [0.1, 0.15) is 25.5 Å². The van der Waals surface area contributed by atoms with Crippen molar-refractivity contribution in [2.24, 2.45) is 5.92 Å². The molecule has 0 aliphatic carbocycles. The highest BCUT2D eigenvalue weighted by atomic mass is 16.2. The van der Waals surface area contributed by atoms with Crippen molar-refractivity contribution in [3.05, 3.63) is 36.2 Å². The number of hydrogen-bond acceptors (Lipinski definition) is 4. The summed E-state index contributed by atoms with van der Waals surface area (Å²) < 4.78 is 0. The molecular formula is C18H22N4O2. The molecule has 0 spiro atoms. The Morgan fingerprint density at radius 3 is 2.83 bits per heavy atom. The molecule has 24 heavy (non-hydrogen) atoms. The molecule has 0 bridgehead atoms. The van der Waals surface area contributed by atoms with Crippen LogP contribution in [0.5, 0.6) is 0 Å². The van der Waals surface area contributed by atoms with Gasteiger partial charge < -0.3 is 9.80 Å². The normalized spacial score (nSPS) is 18.0. The maximum Gasteiger partial charge on any atom is 0.227 e. The van der Waals surface area contributed by atoms with Crippen molar-refractivity contribution in [1.82, 2.24) is 19.8 Å². The number of carbonyl (C=O) groups is 2. The number of fused-ring (bicyclic) bond motifs is 1. The van der Waals surface area contributed by atoms with Crippen LogP contribution in [-0.2, 0) is 16.1 Å². The number of aromatic nitrogens is 2. The van der Waals surface area contributed by atoms with E-state index in [9.17, 15) is 9.59 Å². The fourth-order valence-corrected chi connectivity index (χ4v) is 3.13. The van der Waals surface area contributed by atoms with Gasteiger partial charge in [-0.25, -0.2) is 4.98 Å². The SMILES string of the molecule is CCN1CC(C(=O)N(C)Cc2cnc3ccccc3n2)CCC1=O. The highest BCUT2D eigenvalue weighted by Gasteiger charge is 2.31. The Morgan fingerprint density at radius 1 is 1.33 bits per heavy atom. The number of carbonyl (C=O) groups excluding carboxylic acids is 2. The summed E-state index contributed by atoms with van der Waals surface area (Å²) in [5.74, 6) is 0.0848. The van der Waals surface area contributed by atoms with Gasteiger partial charge in [-0.2, -0.15) is 0 Å². The van der Waals surface area contributed by atoms with Crippen molar-refractivity contribution < 1.29 is 9.59 Å². The first kappa shape index (κ1) is 16.4. The maximum atomic E-state index is 12.7. The molecule has 6 heteroatoms.